The van der Waals surface area contributed by atoms with E-state index in [1.165, 1.54) is 5.56 Å². The third kappa shape index (κ3) is 11.5. The van der Waals surface area contributed by atoms with Gasteiger partial charge in [0.25, 0.3) is 11.8 Å². The van der Waals surface area contributed by atoms with E-state index < -0.39 is 72.5 Å². The van der Waals surface area contributed by atoms with Gasteiger partial charge in [-0.05, 0) is 131 Å². The molecule has 64 heavy (non-hydrogen) atoms. The predicted octanol–water partition coefficient (Wildman–Crippen LogP) is 2.76. The SMILES string of the molecule is CCCCc1ccc(-c2ccc(C(=O)NC(CCCCN)C(=O)NC3CCC(=O)NCCCC(C(=O)NC(C)B4OC5CC6CC(C6(C)C)C5(C)O4)NC(=O)C(N)NC3=O)cc2)cc1. The van der Waals surface area contributed by atoms with Crippen LogP contribution < -0.4 is 43.4 Å². The van der Waals surface area contributed by atoms with Crippen LogP contribution in [-0.2, 0) is 39.7 Å². The number of hydrogen-bond donors (Lipinski definition) is 8. The van der Waals surface area contributed by atoms with E-state index in [1.54, 1.807) is 19.1 Å². The first kappa shape index (κ1) is 48.6. The number of nitrogens with two attached hydrogens (primary N) is 2. The Morgan fingerprint density at radius 3 is 2.28 bits per heavy atom. The van der Waals surface area contributed by atoms with Crippen LogP contribution in [0.25, 0.3) is 11.1 Å². The fourth-order valence-corrected chi connectivity index (χ4v) is 9.86. The van der Waals surface area contributed by atoms with Crippen LogP contribution in [0, 0.1) is 17.3 Å². The maximum absolute atomic E-state index is 13.9. The molecule has 17 heteroatoms. The quantitative estimate of drug-likeness (QED) is 0.0961. The molecule has 7 rings (SSSR count). The van der Waals surface area contributed by atoms with E-state index in [0.717, 1.165) is 43.2 Å². The topological polar surface area (TPSA) is 245 Å². The lowest BCUT2D eigenvalue weighted by atomic mass is 9.43. The van der Waals surface area contributed by atoms with Crippen molar-refractivity contribution >= 4 is 42.6 Å². The largest absolute Gasteiger partial charge is 0.481 e. The average Bonchev–Trinajstić information content (AvgIpc) is 3.65. The highest BCUT2D eigenvalue weighted by Gasteiger charge is 2.68. The molecule has 0 spiro atoms. The fourth-order valence-electron chi connectivity index (χ4n) is 9.86. The average molecular weight is 885 g/mol. The minimum atomic E-state index is -1.60. The van der Waals surface area contributed by atoms with Gasteiger partial charge in [-0.2, -0.15) is 0 Å². The van der Waals surface area contributed by atoms with Gasteiger partial charge in [0.2, 0.25) is 23.6 Å². The van der Waals surface area contributed by atoms with E-state index in [0.29, 0.717) is 43.2 Å². The summed E-state index contributed by atoms with van der Waals surface area (Å²) in [5.41, 5.74) is 15.2. The van der Waals surface area contributed by atoms with Crippen LogP contribution in [0.4, 0.5) is 0 Å². The third-order valence-corrected chi connectivity index (χ3v) is 14.1. The van der Waals surface area contributed by atoms with Crippen molar-refractivity contribution in [1.82, 2.24) is 31.9 Å². The van der Waals surface area contributed by atoms with E-state index in [4.69, 9.17) is 20.8 Å². The number of nitrogens with one attached hydrogen (secondary N) is 6. The van der Waals surface area contributed by atoms with Gasteiger partial charge in [0.15, 0.2) is 6.17 Å². The van der Waals surface area contributed by atoms with Gasteiger partial charge in [-0.1, -0.05) is 63.6 Å². The van der Waals surface area contributed by atoms with Crippen molar-refractivity contribution in [3.8, 4) is 11.1 Å². The number of carbonyl (C=O) groups excluding carboxylic acids is 6. The van der Waals surface area contributed by atoms with E-state index in [2.05, 4.69) is 83.9 Å². The molecule has 6 amide bonds. The van der Waals surface area contributed by atoms with Crippen LogP contribution in [0.5, 0.6) is 0 Å². The Balaban J connectivity index is 1.07. The molecule has 16 nitrogen and oxygen atoms in total. The zero-order valence-electron chi connectivity index (χ0n) is 38.1. The molecule has 9 unspecified atom stereocenters. The van der Waals surface area contributed by atoms with Crippen molar-refractivity contribution in [2.45, 2.75) is 154 Å². The van der Waals surface area contributed by atoms with Gasteiger partial charge in [0.05, 0.1) is 17.6 Å². The van der Waals surface area contributed by atoms with Gasteiger partial charge in [0.1, 0.15) is 18.1 Å². The molecule has 5 aliphatic rings. The second kappa shape index (κ2) is 21.4. The summed E-state index contributed by atoms with van der Waals surface area (Å²) < 4.78 is 12.9. The standard InChI is InChI=1S/C47H69BN8O8/c1-6-7-11-29-14-16-30(17-15-29)31-18-20-32(21-19-31)41(58)53-34(12-8-9-24-49)43(60)54-36-22-23-39(57)51-25-10-13-35(55-45(62)40(50)56-44(36)61)42(59)52-28(2)48-63-38-27-33-26-37(46(33,3)4)47(38,5)64-48/h14-21,28,33-38,40H,6-13,22-27,49-50H2,1-5H3,(H,51,57)(H,52,59)(H,53,58)(H,54,60)(H,55,62)(H,56,61). The summed E-state index contributed by atoms with van der Waals surface area (Å²) >= 11 is 0. The summed E-state index contributed by atoms with van der Waals surface area (Å²) in [6, 6.07) is 12.0. The molecule has 0 aromatic heterocycles. The van der Waals surface area contributed by atoms with Gasteiger partial charge in [0, 0.05) is 18.5 Å². The van der Waals surface area contributed by atoms with Crippen molar-refractivity contribution in [1.29, 1.82) is 0 Å². The van der Waals surface area contributed by atoms with Crippen molar-refractivity contribution in [2.75, 3.05) is 13.1 Å². The smallest absolute Gasteiger partial charge is 0.404 e. The number of benzene rings is 2. The van der Waals surface area contributed by atoms with Gasteiger partial charge < -0.3 is 52.7 Å². The van der Waals surface area contributed by atoms with Crippen LogP contribution in [-0.4, -0.2) is 97.6 Å². The molecule has 348 valence electrons. The van der Waals surface area contributed by atoms with Crippen molar-refractivity contribution in [3.63, 3.8) is 0 Å². The third-order valence-electron chi connectivity index (χ3n) is 14.1. The monoisotopic (exact) mass is 885 g/mol. The summed E-state index contributed by atoms with van der Waals surface area (Å²) in [5.74, 6) is -3.27. The van der Waals surface area contributed by atoms with Crippen LogP contribution in [0.3, 0.4) is 0 Å². The Labute approximate surface area is 377 Å². The molecule has 10 N–H and O–H groups in total. The summed E-state index contributed by atoms with van der Waals surface area (Å²) in [4.78, 5) is 81.3. The molecular weight excluding hydrogens is 815 g/mol. The zero-order valence-corrected chi connectivity index (χ0v) is 38.1. The summed E-state index contributed by atoms with van der Waals surface area (Å²) in [7, 11) is -0.680. The minimum absolute atomic E-state index is 0.0742. The second-order valence-corrected chi connectivity index (χ2v) is 19.0. The maximum Gasteiger partial charge on any atom is 0.481 e. The molecule has 9 atom stereocenters. The van der Waals surface area contributed by atoms with Crippen LogP contribution in [0.1, 0.15) is 121 Å². The first-order valence-corrected chi connectivity index (χ1v) is 23.3. The Bertz CT molecular complexity index is 1980. The number of aryl methyl sites for hydroxylation is 1. The number of hydrogen-bond acceptors (Lipinski definition) is 10. The highest BCUT2D eigenvalue weighted by Crippen LogP contribution is 2.65. The van der Waals surface area contributed by atoms with Gasteiger partial charge in [-0.15, -0.1) is 0 Å². The van der Waals surface area contributed by atoms with E-state index in [-0.39, 0.29) is 49.7 Å². The molecule has 2 aliphatic heterocycles. The van der Waals surface area contributed by atoms with Crippen LogP contribution in [0.15, 0.2) is 48.5 Å². The Kier molecular flexibility index (Phi) is 16.3. The van der Waals surface area contributed by atoms with E-state index in [1.807, 2.05) is 12.1 Å². The van der Waals surface area contributed by atoms with Crippen molar-refractivity contribution in [3.05, 3.63) is 59.7 Å². The first-order valence-electron chi connectivity index (χ1n) is 23.3. The summed E-state index contributed by atoms with van der Waals surface area (Å²) in [6.07, 6.45) is 5.18. The number of carbonyl (C=O) groups is 6. The molecule has 2 aromatic carbocycles. The van der Waals surface area contributed by atoms with Gasteiger partial charge in [-0.25, -0.2) is 0 Å². The summed E-state index contributed by atoms with van der Waals surface area (Å²) in [6.45, 7) is 11.2. The Morgan fingerprint density at radius 1 is 0.906 bits per heavy atom. The fraction of sp³-hybridized carbons (Fsp3) is 0.617. The van der Waals surface area contributed by atoms with Crippen LogP contribution >= 0.6 is 0 Å². The number of unbranched alkanes of at least 4 members (excludes halogenated alkanes) is 2. The molecule has 0 radical (unpaired) electrons. The molecule has 3 saturated carbocycles. The molecule has 5 fully saturated rings. The molecule has 2 bridgehead atoms. The molecular formula is C47H69BN8O8. The lowest BCUT2D eigenvalue weighted by Gasteiger charge is -2.64. The minimum Gasteiger partial charge on any atom is -0.404 e. The first-order chi connectivity index (χ1) is 30.5. The highest BCUT2D eigenvalue weighted by atomic mass is 16.7. The Hall–Kier alpha value is -4.84. The lowest BCUT2D eigenvalue weighted by Crippen LogP contribution is -2.65. The van der Waals surface area contributed by atoms with Gasteiger partial charge >= 0.3 is 7.12 Å². The molecule has 2 aromatic rings. The number of amides is 6. The normalized spacial score (nSPS) is 27.9. The van der Waals surface area contributed by atoms with Gasteiger partial charge in [-0.3, -0.25) is 28.8 Å². The van der Waals surface area contributed by atoms with Crippen molar-refractivity contribution in [2.24, 2.45) is 28.7 Å². The van der Waals surface area contributed by atoms with E-state index in [9.17, 15) is 28.8 Å². The predicted molar refractivity (Wildman–Crippen MR) is 244 cm³/mol. The molecule has 3 aliphatic carbocycles. The Morgan fingerprint density at radius 2 is 1.61 bits per heavy atom. The zero-order chi connectivity index (χ0) is 46.2. The van der Waals surface area contributed by atoms with Crippen molar-refractivity contribution < 1.29 is 38.1 Å². The number of rotatable bonds is 15. The summed E-state index contributed by atoms with van der Waals surface area (Å²) in [5, 5.41) is 16.4. The van der Waals surface area contributed by atoms with E-state index >= 15 is 0 Å². The lowest BCUT2D eigenvalue weighted by molar-refractivity contribution is -0.199. The maximum atomic E-state index is 13.9. The molecule has 2 heterocycles. The highest BCUT2D eigenvalue weighted by molar-refractivity contribution is 6.47. The van der Waals surface area contributed by atoms with Crippen LogP contribution in [0.2, 0.25) is 0 Å². The second-order valence-electron chi connectivity index (χ2n) is 19.0. The molecule has 2 saturated heterocycles.